The van der Waals surface area contributed by atoms with Crippen LogP contribution in [-0.2, 0) is 0 Å². The lowest BCUT2D eigenvalue weighted by molar-refractivity contribution is 0.107. The largest absolute Gasteiger partial charge is 0.320 e. The number of hydrogen-bond donors (Lipinski definition) is 1. The molecule has 1 N–H and O–H groups in total. The normalized spacial score (nSPS) is 10.6. The van der Waals surface area contributed by atoms with Crippen LogP contribution < -0.4 is 5.56 Å². The summed E-state index contributed by atoms with van der Waals surface area (Å²) < 4.78 is 24.3. The first-order chi connectivity index (χ1) is 6.43. The Bertz CT molecular complexity index is 428. The molecular formula is C8H6ClF2NO2. The number of aromatic amines is 1. The Morgan fingerprint density at radius 2 is 2.14 bits per heavy atom. The molecule has 1 aromatic heterocycles. The lowest BCUT2D eigenvalue weighted by Crippen LogP contribution is -2.18. The van der Waals surface area contributed by atoms with E-state index in [0.717, 1.165) is 6.07 Å². The van der Waals surface area contributed by atoms with Gasteiger partial charge in [-0.25, -0.2) is 8.78 Å². The number of H-pyrrole nitrogens is 1. The van der Waals surface area contributed by atoms with E-state index in [4.69, 9.17) is 11.6 Å². The van der Waals surface area contributed by atoms with E-state index < -0.39 is 22.9 Å². The molecule has 0 saturated carbocycles. The Hall–Kier alpha value is -1.23. The third-order valence-electron chi connectivity index (χ3n) is 1.68. The van der Waals surface area contributed by atoms with Gasteiger partial charge in [0.2, 0.25) is 0 Å². The topological polar surface area (TPSA) is 49.9 Å². The van der Waals surface area contributed by atoms with E-state index in [1.807, 2.05) is 4.98 Å². The van der Waals surface area contributed by atoms with Crippen molar-refractivity contribution in [2.75, 3.05) is 0 Å². The molecule has 3 nitrogen and oxygen atoms in total. The summed E-state index contributed by atoms with van der Waals surface area (Å²) in [7, 11) is 0. The van der Waals surface area contributed by atoms with Crippen LogP contribution in [0.25, 0.3) is 0 Å². The Kier molecular flexibility index (Phi) is 3.00. The highest BCUT2D eigenvalue weighted by atomic mass is 35.5. The van der Waals surface area contributed by atoms with Crippen molar-refractivity contribution < 1.29 is 13.6 Å². The highest BCUT2D eigenvalue weighted by molar-refractivity contribution is 6.67. The van der Waals surface area contributed by atoms with Crippen molar-refractivity contribution in [1.82, 2.24) is 4.98 Å². The molecule has 0 radical (unpaired) electrons. The zero-order valence-electron chi connectivity index (χ0n) is 7.11. The standard InChI is InChI=1S/C8H6ClF2NO2/c1-3-2-4(7(10)11)12-8(14)5(3)6(9)13/h2,7H,1H3,(H,12,14). The van der Waals surface area contributed by atoms with Gasteiger partial charge in [0.15, 0.2) is 0 Å². The van der Waals surface area contributed by atoms with Crippen LogP contribution >= 0.6 is 11.6 Å². The van der Waals surface area contributed by atoms with E-state index in [0.29, 0.717) is 0 Å². The number of aryl methyl sites for hydroxylation is 1. The van der Waals surface area contributed by atoms with Crippen LogP contribution in [0.2, 0.25) is 0 Å². The van der Waals surface area contributed by atoms with Gasteiger partial charge in [0, 0.05) is 0 Å². The SMILES string of the molecule is Cc1cc(C(F)F)[nH]c(=O)c1C(=O)Cl. The van der Waals surface area contributed by atoms with E-state index in [-0.39, 0.29) is 11.1 Å². The van der Waals surface area contributed by atoms with Gasteiger partial charge < -0.3 is 4.98 Å². The second-order valence-electron chi connectivity index (χ2n) is 2.69. The maximum absolute atomic E-state index is 12.2. The van der Waals surface area contributed by atoms with Gasteiger partial charge in [-0.2, -0.15) is 0 Å². The molecule has 0 aliphatic carbocycles. The van der Waals surface area contributed by atoms with Crippen LogP contribution in [0.3, 0.4) is 0 Å². The maximum atomic E-state index is 12.2. The Balaban J connectivity index is 3.40. The summed E-state index contributed by atoms with van der Waals surface area (Å²) in [4.78, 5) is 23.7. The van der Waals surface area contributed by atoms with E-state index in [1.165, 1.54) is 6.92 Å². The fraction of sp³-hybridized carbons (Fsp3) is 0.250. The van der Waals surface area contributed by atoms with Gasteiger partial charge in [-0.3, -0.25) is 9.59 Å². The van der Waals surface area contributed by atoms with Gasteiger partial charge in [0.25, 0.3) is 17.2 Å². The smallest absolute Gasteiger partial charge is 0.278 e. The molecule has 0 aliphatic rings. The fourth-order valence-electron chi connectivity index (χ4n) is 1.08. The molecule has 1 aromatic rings. The number of alkyl halides is 2. The maximum Gasteiger partial charge on any atom is 0.278 e. The summed E-state index contributed by atoms with van der Waals surface area (Å²) in [6, 6.07) is 1.03. The summed E-state index contributed by atoms with van der Waals surface area (Å²) in [6.45, 7) is 1.37. The van der Waals surface area contributed by atoms with Crippen molar-refractivity contribution in [3.05, 3.63) is 33.2 Å². The van der Waals surface area contributed by atoms with E-state index >= 15 is 0 Å². The van der Waals surface area contributed by atoms with Crippen LogP contribution in [0.1, 0.15) is 28.0 Å². The summed E-state index contributed by atoms with van der Waals surface area (Å²) in [5.41, 5.74) is -1.56. The van der Waals surface area contributed by atoms with E-state index in [2.05, 4.69) is 0 Å². The molecule has 1 heterocycles. The van der Waals surface area contributed by atoms with Crippen LogP contribution in [0, 0.1) is 6.92 Å². The molecule has 0 bridgehead atoms. The quantitative estimate of drug-likeness (QED) is 0.777. The predicted molar refractivity (Wildman–Crippen MR) is 46.9 cm³/mol. The average molecular weight is 222 g/mol. The molecule has 1 rings (SSSR count). The predicted octanol–water partition coefficient (Wildman–Crippen LogP) is 2.00. The number of halogens is 3. The summed E-state index contributed by atoms with van der Waals surface area (Å²) in [5, 5.41) is -0.954. The number of rotatable bonds is 2. The third-order valence-corrected chi connectivity index (χ3v) is 1.87. The Morgan fingerprint density at radius 3 is 2.50 bits per heavy atom. The Labute approximate surface area is 82.7 Å². The minimum absolute atomic E-state index is 0.143. The van der Waals surface area contributed by atoms with Gasteiger partial charge >= 0.3 is 0 Å². The number of hydrogen-bond acceptors (Lipinski definition) is 2. The number of carbonyl (C=O) groups is 1. The van der Waals surface area contributed by atoms with Crippen molar-refractivity contribution >= 4 is 16.8 Å². The van der Waals surface area contributed by atoms with Gasteiger partial charge in [0.1, 0.15) is 5.56 Å². The average Bonchev–Trinajstić information content (AvgIpc) is 2.01. The number of aromatic nitrogens is 1. The van der Waals surface area contributed by atoms with Crippen LogP contribution in [-0.4, -0.2) is 10.2 Å². The molecule has 14 heavy (non-hydrogen) atoms. The molecule has 0 aliphatic heterocycles. The zero-order chi connectivity index (χ0) is 10.9. The minimum Gasteiger partial charge on any atom is -0.320 e. The highest BCUT2D eigenvalue weighted by Gasteiger charge is 2.16. The number of carbonyl (C=O) groups excluding carboxylic acids is 1. The minimum atomic E-state index is -2.78. The first-order valence-corrected chi connectivity index (χ1v) is 4.03. The van der Waals surface area contributed by atoms with Crippen molar-refractivity contribution in [1.29, 1.82) is 0 Å². The summed E-state index contributed by atoms with van der Waals surface area (Å²) in [5.74, 6) is 0. The van der Waals surface area contributed by atoms with Crippen molar-refractivity contribution in [3.8, 4) is 0 Å². The van der Waals surface area contributed by atoms with Crippen LogP contribution in [0.5, 0.6) is 0 Å². The van der Waals surface area contributed by atoms with Gasteiger partial charge in [-0.15, -0.1) is 0 Å². The van der Waals surface area contributed by atoms with Crippen LogP contribution in [0.4, 0.5) is 8.78 Å². The molecule has 0 amide bonds. The fourth-order valence-corrected chi connectivity index (χ4v) is 1.31. The summed E-state index contributed by atoms with van der Waals surface area (Å²) in [6.07, 6.45) is -2.78. The molecule has 0 fully saturated rings. The monoisotopic (exact) mass is 221 g/mol. The lowest BCUT2D eigenvalue weighted by Gasteiger charge is -2.03. The molecular weight excluding hydrogens is 216 g/mol. The number of nitrogens with one attached hydrogen (secondary N) is 1. The lowest BCUT2D eigenvalue weighted by atomic mass is 10.1. The second kappa shape index (κ2) is 3.88. The molecule has 76 valence electrons. The Morgan fingerprint density at radius 1 is 1.57 bits per heavy atom. The molecule has 0 saturated heterocycles. The van der Waals surface area contributed by atoms with Crippen molar-refractivity contribution in [2.45, 2.75) is 13.3 Å². The molecule has 0 aromatic carbocycles. The number of pyridine rings is 1. The van der Waals surface area contributed by atoms with Gasteiger partial charge in [-0.1, -0.05) is 0 Å². The molecule has 0 atom stereocenters. The first kappa shape index (κ1) is 10.8. The summed E-state index contributed by atoms with van der Waals surface area (Å²) >= 11 is 5.10. The third kappa shape index (κ3) is 1.98. The highest BCUT2D eigenvalue weighted by Crippen LogP contribution is 2.17. The van der Waals surface area contributed by atoms with E-state index in [1.54, 1.807) is 0 Å². The van der Waals surface area contributed by atoms with Gasteiger partial charge in [-0.05, 0) is 30.2 Å². The van der Waals surface area contributed by atoms with Crippen LogP contribution in [0.15, 0.2) is 10.9 Å². The van der Waals surface area contributed by atoms with Crippen molar-refractivity contribution in [2.24, 2.45) is 0 Å². The molecule has 0 unspecified atom stereocenters. The zero-order valence-corrected chi connectivity index (χ0v) is 7.86. The first-order valence-electron chi connectivity index (χ1n) is 3.65. The van der Waals surface area contributed by atoms with Crippen molar-refractivity contribution in [3.63, 3.8) is 0 Å². The molecule has 6 heteroatoms. The molecule has 0 spiro atoms. The van der Waals surface area contributed by atoms with Gasteiger partial charge in [0.05, 0.1) is 5.69 Å². The van der Waals surface area contributed by atoms with E-state index in [9.17, 15) is 18.4 Å². The second-order valence-corrected chi connectivity index (χ2v) is 3.03.